The Hall–Kier alpha value is -1.13. The lowest BCUT2D eigenvalue weighted by Gasteiger charge is -2.14. The minimum Gasteiger partial charge on any atom is -0.376 e. The molecule has 0 spiro atoms. The van der Waals surface area contributed by atoms with Gasteiger partial charge in [-0.3, -0.25) is 0 Å². The van der Waals surface area contributed by atoms with Gasteiger partial charge in [-0.1, -0.05) is 6.07 Å². The topological polar surface area (TPSA) is 33.3 Å². The van der Waals surface area contributed by atoms with Gasteiger partial charge in [0, 0.05) is 18.8 Å². The van der Waals surface area contributed by atoms with Crippen molar-refractivity contribution in [1.29, 1.82) is 0 Å². The molecule has 2 N–H and O–H groups in total. The first-order valence-corrected chi connectivity index (χ1v) is 6.79. The van der Waals surface area contributed by atoms with Crippen LogP contribution in [0.1, 0.15) is 24.0 Å². The van der Waals surface area contributed by atoms with E-state index in [9.17, 15) is 0 Å². The van der Waals surface area contributed by atoms with Gasteiger partial charge in [-0.2, -0.15) is 0 Å². The molecular weight excluding hydrogens is 244 g/mol. The van der Waals surface area contributed by atoms with Crippen LogP contribution in [0.3, 0.4) is 0 Å². The van der Waals surface area contributed by atoms with E-state index in [4.69, 9.17) is 17.0 Å². The van der Waals surface area contributed by atoms with E-state index in [1.807, 2.05) is 0 Å². The van der Waals surface area contributed by atoms with E-state index in [-0.39, 0.29) is 0 Å². The Morgan fingerprint density at radius 1 is 1.33 bits per heavy atom. The molecule has 98 valence electrons. The smallest absolute Gasteiger partial charge is 0.170 e. The van der Waals surface area contributed by atoms with Crippen molar-refractivity contribution in [1.82, 2.24) is 5.32 Å². The molecule has 0 saturated carbocycles. The summed E-state index contributed by atoms with van der Waals surface area (Å²) >= 11 is 5.28. The number of aryl methyl sites for hydroxylation is 2. The van der Waals surface area contributed by atoms with Gasteiger partial charge in [0.2, 0.25) is 0 Å². The third-order valence-corrected chi connectivity index (χ3v) is 3.24. The normalized spacial score (nSPS) is 18.7. The molecule has 0 amide bonds. The fourth-order valence-corrected chi connectivity index (χ4v) is 2.44. The lowest BCUT2D eigenvalue weighted by molar-refractivity contribution is 0.114. The van der Waals surface area contributed by atoms with Crippen LogP contribution in [0.4, 0.5) is 5.69 Å². The SMILES string of the molecule is Cc1cc(C)cc(NC(=S)NC[C@@H]2CCCO2)c1. The zero-order valence-corrected chi connectivity index (χ0v) is 11.8. The maximum Gasteiger partial charge on any atom is 0.170 e. The maximum absolute atomic E-state index is 5.54. The molecule has 2 rings (SSSR count). The molecular formula is C14H20N2OS. The Bertz CT molecular complexity index is 408. The first-order chi connectivity index (χ1) is 8.63. The summed E-state index contributed by atoms with van der Waals surface area (Å²) in [6, 6.07) is 6.33. The Morgan fingerprint density at radius 3 is 2.67 bits per heavy atom. The molecule has 1 aromatic rings. The highest BCUT2D eigenvalue weighted by atomic mass is 32.1. The Balaban J connectivity index is 1.82. The molecule has 1 atom stereocenters. The number of ether oxygens (including phenoxy) is 1. The van der Waals surface area contributed by atoms with E-state index in [1.165, 1.54) is 11.1 Å². The van der Waals surface area contributed by atoms with Gasteiger partial charge >= 0.3 is 0 Å². The van der Waals surface area contributed by atoms with Crippen molar-refractivity contribution in [3.63, 3.8) is 0 Å². The Morgan fingerprint density at radius 2 is 2.06 bits per heavy atom. The number of nitrogens with one attached hydrogen (secondary N) is 2. The molecule has 1 aromatic carbocycles. The van der Waals surface area contributed by atoms with Crippen molar-refractivity contribution in [2.45, 2.75) is 32.8 Å². The van der Waals surface area contributed by atoms with Gasteiger partial charge in [-0.05, 0) is 62.2 Å². The number of anilines is 1. The van der Waals surface area contributed by atoms with Crippen LogP contribution in [0, 0.1) is 13.8 Å². The van der Waals surface area contributed by atoms with Gasteiger partial charge in [0.15, 0.2) is 5.11 Å². The fraction of sp³-hybridized carbons (Fsp3) is 0.500. The second-order valence-electron chi connectivity index (χ2n) is 4.85. The fourth-order valence-electron chi connectivity index (χ4n) is 2.23. The van der Waals surface area contributed by atoms with Crippen LogP contribution in [0.15, 0.2) is 18.2 Å². The van der Waals surface area contributed by atoms with Crippen molar-refractivity contribution in [3.05, 3.63) is 29.3 Å². The summed E-state index contributed by atoms with van der Waals surface area (Å²) in [4.78, 5) is 0. The van der Waals surface area contributed by atoms with Crippen molar-refractivity contribution < 1.29 is 4.74 Å². The van der Waals surface area contributed by atoms with Crippen LogP contribution in [-0.2, 0) is 4.74 Å². The second kappa shape index (κ2) is 6.16. The summed E-state index contributed by atoms with van der Waals surface area (Å²) < 4.78 is 5.54. The van der Waals surface area contributed by atoms with Gasteiger partial charge in [-0.25, -0.2) is 0 Å². The molecule has 1 heterocycles. The van der Waals surface area contributed by atoms with Crippen LogP contribution in [0.5, 0.6) is 0 Å². The number of hydrogen-bond donors (Lipinski definition) is 2. The largest absolute Gasteiger partial charge is 0.376 e. The minimum atomic E-state index is 0.309. The average Bonchev–Trinajstić information content (AvgIpc) is 2.77. The summed E-state index contributed by atoms with van der Waals surface area (Å²) in [6.07, 6.45) is 2.59. The van der Waals surface area contributed by atoms with E-state index in [0.29, 0.717) is 11.2 Å². The molecule has 0 bridgehead atoms. The van der Waals surface area contributed by atoms with Crippen molar-refractivity contribution in [3.8, 4) is 0 Å². The predicted octanol–water partition coefficient (Wildman–Crippen LogP) is 2.77. The molecule has 4 heteroatoms. The van der Waals surface area contributed by atoms with Gasteiger partial charge in [0.1, 0.15) is 0 Å². The van der Waals surface area contributed by atoms with Crippen LogP contribution >= 0.6 is 12.2 Å². The first-order valence-electron chi connectivity index (χ1n) is 6.38. The molecule has 1 aliphatic heterocycles. The first kappa shape index (κ1) is 13.3. The van der Waals surface area contributed by atoms with Crippen molar-refractivity contribution in [2.75, 3.05) is 18.5 Å². The standard InChI is InChI=1S/C14H20N2OS/c1-10-6-11(2)8-12(7-10)16-14(18)15-9-13-4-3-5-17-13/h6-8,13H,3-5,9H2,1-2H3,(H2,15,16,18)/t13-/m0/s1. The average molecular weight is 264 g/mol. The third-order valence-electron chi connectivity index (χ3n) is 2.99. The maximum atomic E-state index is 5.54. The van der Waals surface area contributed by atoms with Gasteiger partial charge in [0.25, 0.3) is 0 Å². The summed E-state index contributed by atoms with van der Waals surface area (Å²) in [5, 5.41) is 7.08. The molecule has 1 fully saturated rings. The minimum absolute atomic E-state index is 0.309. The van der Waals surface area contributed by atoms with E-state index in [2.05, 4.69) is 42.7 Å². The zero-order valence-electron chi connectivity index (χ0n) is 11.0. The van der Waals surface area contributed by atoms with E-state index in [0.717, 1.165) is 31.7 Å². The van der Waals surface area contributed by atoms with Crippen LogP contribution in [-0.4, -0.2) is 24.4 Å². The molecule has 0 aliphatic carbocycles. The van der Waals surface area contributed by atoms with Crippen LogP contribution in [0.2, 0.25) is 0 Å². The quantitative estimate of drug-likeness (QED) is 0.823. The highest BCUT2D eigenvalue weighted by Gasteiger charge is 2.15. The molecule has 0 unspecified atom stereocenters. The highest BCUT2D eigenvalue weighted by Crippen LogP contribution is 2.14. The molecule has 0 aromatic heterocycles. The van der Waals surface area contributed by atoms with Gasteiger partial charge < -0.3 is 15.4 Å². The van der Waals surface area contributed by atoms with Gasteiger partial charge in [0.05, 0.1) is 6.10 Å². The summed E-state index contributed by atoms with van der Waals surface area (Å²) in [6.45, 7) is 5.84. The lowest BCUT2D eigenvalue weighted by Crippen LogP contribution is -2.34. The zero-order chi connectivity index (χ0) is 13.0. The molecule has 3 nitrogen and oxygen atoms in total. The number of hydrogen-bond acceptors (Lipinski definition) is 2. The lowest BCUT2D eigenvalue weighted by atomic mass is 10.1. The summed E-state index contributed by atoms with van der Waals surface area (Å²) in [5.74, 6) is 0. The second-order valence-corrected chi connectivity index (χ2v) is 5.25. The molecule has 1 saturated heterocycles. The molecule has 1 aliphatic rings. The van der Waals surface area contributed by atoms with E-state index in [1.54, 1.807) is 0 Å². The monoisotopic (exact) mass is 264 g/mol. The number of rotatable bonds is 3. The highest BCUT2D eigenvalue weighted by molar-refractivity contribution is 7.80. The summed E-state index contributed by atoms with van der Waals surface area (Å²) in [5.41, 5.74) is 3.51. The predicted molar refractivity (Wildman–Crippen MR) is 79.1 cm³/mol. The Kier molecular flexibility index (Phi) is 4.55. The van der Waals surface area contributed by atoms with Gasteiger partial charge in [-0.15, -0.1) is 0 Å². The summed E-state index contributed by atoms with van der Waals surface area (Å²) in [7, 11) is 0. The third kappa shape index (κ3) is 3.96. The number of thiocarbonyl (C=S) groups is 1. The van der Waals surface area contributed by atoms with Crippen LogP contribution in [0.25, 0.3) is 0 Å². The van der Waals surface area contributed by atoms with E-state index >= 15 is 0 Å². The molecule has 0 radical (unpaired) electrons. The Labute approximate surface area is 114 Å². The van der Waals surface area contributed by atoms with Crippen molar-refractivity contribution >= 4 is 23.0 Å². The van der Waals surface area contributed by atoms with Crippen molar-refractivity contribution in [2.24, 2.45) is 0 Å². The van der Waals surface area contributed by atoms with Crippen LogP contribution < -0.4 is 10.6 Å². The molecule has 18 heavy (non-hydrogen) atoms. The number of benzene rings is 1. The van der Waals surface area contributed by atoms with E-state index < -0.39 is 0 Å².